The number of benzene rings is 1. The van der Waals surface area contributed by atoms with Crippen molar-refractivity contribution in [1.82, 2.24) is 10.2 Å². The number of likely N-dealkylation sites (tertiary alicyclic amines) is 1. The number of nitrogens with zero attached hydrogens (tertiary/aromatic N) is 1. The van der Waals surface area contributed by atoms with Crippen molar-refractivity contribution in [1.29, 1.82) is 0 Å². The fraction of sp³-hybridized carbons (Fsp3) is 0.556. The lowest BCUT2D eigenvalue weighted by molar-refractivity contribution is -0.186. The third-order valence-corrected chi connectivity index (χ3v) is 4.33. The summed E-state index contributed by atoms with van der Waals surface area (Å²) in [7, 11) is 0. The molecule has 1 heterocycles. The number of halogens is 3. The number of amides is 2. The van der Waals surface area contributed by atoms with Crippen molar-refractivity contribution in [2.75, 3.05) is 26.2 Å². The molecule has 26 heavy (non-hydrogen) atoms. The fourth-order valence-electron chi connectivity index (χ4n) is 2.90. The van der Waals surface area contributed by atoms with Crippen LogP contribution in [0.1, 0.15) is 25.3 Å². The van der Waals surface area contributed by atoms with E-state index in [1.54, 1.807) is 12.1 Å². The molecule has 1 fully saturated rings. The van der Waals surface area contributed by atoms with Crippen molar-refractivity contribution in [3.05, 3.63) is 29.8 Å². The summed E-state index contributed by atoms with van der Waals surface area (Å²) in [6.07, 6.45) is -3.69. The molecule has 1 aromatic rings. The van der Waals surface area contributed by atoms with Crippen molar-refractivity contribution >= 4 is 11.8 Å². The molecule has 5 nitrogen and oxygen atoms in total. The number of ether oxygens (including phenoxy) is 1. The smallest absolute Gasteiger partial charge is 0.471 e. The Bertz CT molecular complexity index is 609. The van der Waals surface area contributed by atoms with Gasteiger partial charge in [-0.2, -0.15) is 13.2 Å². The molecular formula is C18H23F3N2O3. The molecule has 0 spiro atoms. The minimum Gasteiger partial charge on any atom is -0.494 e. The lowest BCUT2D eigenvalue weighted by atomic mass is 9.96. The average molecular weight is 372 g/mol. The van der Waals surface area contributed by atoms with Gasteiger partial charge in [0.25, 0.3) is 0 Å². The van der Waals surface area contributed by atoms with Gasteiger partial charge < -0.3 is 15.0 Å². The molecule has 1 aromatic carbocycles. The summed E-state index contributed by atoms with van der Waals surface area (Å²) >= 11 is 0. The molecule has 8 heteroatoms. The summed E-state index contributed by atoms with van der Waals surface area (Å²) in [6, 6.07) is 7.26. The lowest BCUT2D eigenvalue weighted by Gasteiger charge is -2.32. The summed E-state index contributed by atoms with van der Waals surface area (Å²) in [5.74, 6) is -1.09. The Morgan fingerprint density at radius 3 is 2.35 bits per heavy atom. The third kappa shape index (κ3) is 5.93. The molecule has 1 saturated heterocycles. The largest absolute Gasteiger partial charge is 0.494 e. The Balaban J connectivity index is 1.71. The Morgan fingerprint density at radius 2 is 1.81 bits per heavy atom. The maximum absolute atomic E-state index is 12.4. The molecule has 2 amide bonds. The molecule has 1 aliphatic rings. The van der Waals surface area contributed by atoms with E-state index in [0.717, 1.165) is 16.2 Å². The molecule has 0 aliphatic carbocycles. The zero-order valence-corrected chi connectivity index (χ0v) is 14.6. The zero-order chi connectivity index (χ0) is 19.2. The van der Waals surface area contributed by atoms with Crippen LogP contribution in [0.2, 0.25) is 0 Å². The van der Waals surface area contributed by atoms with Crippen molar-refractivity contribution in [2.45, 2.75) is 32.4 Å². The minimum absolute atomic E-state index is 0.0672. The van der Waals surface area contributed by atoms with Gasteiger partial charge in [-0.1, -0.05) is 12.1 Å². The molecule has 0 bridgehead atoms. The van der Waals surface area contributed by atoms with E-state index in [1.165, 1.54) is 0 Å². The van der Waals surface area contributed by atoms with E-state index in [2.05, 4.69) is 5.32 Å². The first-order valence-electron chi connectivity index (χ1n) is 8.64. The van der Waals surface area contributed by atoms with Gasteiger partial charge in [-0.3, -0.25) is 9.59 Å². The van der Waals surface area contributed by atoms with Gasteiger partial charge in [0, 0.05) is 19.6 Å². The second kappa shape index (κ2) is 8.91. The van der Waals surface area contributed by atoms with Crippen LogP contribution in [0.5, 0.6) is 5.75 Å². The summed E-state index contributed by atoms with van der Waals surface area (Å²) in [4.78, 5) is 24.0. The summed E-state index contributed by atoms with van der Waals surface area (Å²) < 4.78 is 42.6. The normalized spacial score (nSPS) is 15.6. The van der Waals surface area contributed by atoms with E-state index < -0.39 is 12.1 Å². The quantitative estimate of drug-likeness (QED) is 0.835. The highest BCUT2D eigenvalue weighted by atomic mass is 19.4. The van der Waals surface area contributed by atoms with Crippen LogP contribution in [-0.4, -0.2) is 49.1 Å². The van der Waals surface area contributed by atoms with E-state index >= 15 is 0 Å². The second-order valence-corrected chi connectivity index (χ2v) is 6.29. The first kappa shape index (κ1) is 20.1. The van der Waals surface area contributed by atoms with E-state index in [1.807, 2.05) is 19.1 Å². The highest BCUT2D eigenvalue weighted by Gasteiger charge is 2.43. The molecule has 0 unspecified atom stereocenters. The number of rotatable bonds is 6. The van der Waals surface area contributed by atoms with Gasteiger partial charge >= 0.3 is 12.1 Å². The predicted octanol–water partition coefficient (Wildman–Crippen LogP) is 2.54. The van der Waals surface area contributed by atoms with Crippen molar-refractivity contribution < 1.29 is 27.5 Å². The first-order valence-corrected chi connectivity index (χ1v) is 8.64. The van der Waals surface area contributed by atoms with E-state index in [4.69, 9.17) is 4.74 Å². The number of carbonyl (C=O) groups is 2. The van der Waals surface area contributed by atoms with Gasteiger partial charge in [0.15, 0.2) is 0 Å². The highest BCUT2D eigenvalue weighted by molar-refractivity contribution is 5.82. The van der Waals surface area contributed by atoms with Crippen LogP contribution in [0, 0.1) is 5.92 Å². The topological polar surface area (TPSA) is 58.6 Å². The minimum atomic E-state index is -4.82. The van der Waals surface area contributed by atoms with Crippen LogP contribution in [0.4, 0.5) is 13.2 Å². The Kier molecular flexibility index (Phi) is 6.88. The third-order valence-electron chi connectivity index (χ3n) is 4.33. The van der Waals surface area contributed by atoms with Crippen LogP contribution < -0.4 is 10.1 Å². The van der Waals surface area contributed by atoms with E-state index in [0.29, 0.717) is 26.0 Å². The molecular weight excluding hydrogens is 349 g/mol. The Labute approximate surface area is 150 Å². The summed E-state index contributed by atoms with van der Waals surface area (Å²) in [6.45, 7) is 3.01. The molecule has 0 atom stereocenters. The number of piperidine rings is 1. The van der Waals surface area contributed by atoms with Crippen LogP contribution in [0.15, 0.2) is 24.3 Å². The fourth-order valence-corrected chi connectivity index (χ4v) is 2.90. The first-order chi connectivity index (χ1) is 12.3. The molecule has 1 aliphatic heterocycles. The lowest BCUT2D eigenvalue weighted by Crippen LogP contribution is -2.46. The van der Waals surface area contributed by atoms with Gasteiger partial charge in [-0.05, 0) is 43.4 Å². The van der Waals surface area contributed by atoms with Gasteiger partial charge in [0.2, 0.25) is 5.91 Å². The van der Waals surface area contributed by atoms with E-state index in [9.17, 15) is 22.8 Å². The maximum Gasteiger partial charge on any atom is 0.471 e. The molecule has 1 N–H and O–H groups in total. The highest BCUT2D eigenvalue weighted by Crippen LogP contribution is 2.23. The molecule has 0 aromatic heterocycles. The van der Waals surface area contributed by atoms with Crippen LogP contribution in [0.3, 0.4) is 0 Å². The number of carbonyl (C=O) groups excluding carboxylic acids is 2. The van der Waals surface area contributed by atoms with Crippen molar-refractivity contribution in [3.63, 3.8) is 0 Å². The van der Waals surface area contributed by atoms with Crippen LogP contribution in [0.25, 0.3) is 0 Å². The Hall–Kier alpha value is -2.25. The van der Waals surface area contributed by atoms with E-state index in [-0.39, 0.29) is 31.3 Å². The second-order valence-electron chi connectivity index (χ2n) is 6.29. The standard InChI is InChI=1S/C18H23F3N2O3/c1-2-26-15-5-3-13(4-6-15)11-16(24)22-12-14-7-9-23(10-8-14)17(25)18(19,20)21/h3-6,14H,2,7-12H2,1H3,(H,22,24). The number of nitrogens with one attached hydrogen (secondary N) is 1. The van der Waals surface area contributed by atoms with Crippen molar-refractivity contribution in [2.24, 2.45) is 5.92 Å². The van der Waals surface area contributed by atoms with Gasteiger partial charge in [0.1, 0.15) is 5.75 Å². The maximum atomic E-state index is 12.4. The number of alkyl halides is 3. The molecule has 0 radical (unpaired) electrons. The van der Waals surface area contributed by atoms with Crippen molar-refractivity contribution in [3.8, 4) is 5.75 Å². The average Bonchev–Trinajstić information content (AvgIpc) is 2.61. The number of hydrogen-bond donors (Lipinski definition) is 1. The van der Waals surface area contributed by atoms with Gasteiger partial charge in [-0.25, -0.2) is 0 Å². The summed E-state index contributed by atoms with van der Waals surface area (Å²) in [5.41, 5.74) is 0.858. The van der Waals surface area contributed by atoms with Crippen LogP contribution in [-0.2, 0) is 16.0 Å². The molecule has 144 valence electrons. The molecule has 2 rings (SSSR count). The number of hydrogen-bond acceptors (Lipinski definition) is 3. The predicted molar refractivity (Wildman–Crippen MR) is 89.7 cm³/mol. The monoisotopic (exact) mass is 372 g/mol. The van der Waals surface area contributed by atoms with Gasteiger partial charge in [-0.15, -0.1) is 0 Å². The zero-order valence-electron chi connectivity index (χ0n) is 14.6. The van der Waals surface area contributed by atoms with Crippen LogP contribution >= 0.6 is 0 Å². The SMILES string of the molecule is CCOc1ccc(CC(=O)NCC2CCN(C(=O)C(F)(F)F)CC2)cc1. The van der Waals surface area contributed by atoms with Gasteiger partial charge in [0.05, 0.1) is 13.0 Å². The summed E-state index contributed by atoms with van der Waals surface area (Å²) in [5, 5.41) is 2.82. The molecule has 0 saturated carbocycles. The Morgan fingerprint density at radius 1 is 1.19 bits per heavy atom.